The fourth-order valence-electron chi connectivity index (χ4n) is 2.68. The first-order valence-electron chi connectivity index (χ1n) is 9.40. The molecule has 4 N–H and O–H groups in total. The summed E-state index contributed by atoms with van der Waals surface area (Å²) in [4.78, 5) is 24.6. The van der Waals surface area contributed by atoms with Gasteiger partial charge in [0.15, 0.2) is 0 Å². The zero-order valence-corrected chi connectivity index (χ0v) is 16.7. The molecular weight excluding hydrogens is 354 g/mol. The van der Waals surface area contributed by atoms with Gasteiger partial charge in [-0.05, 0) is 37.5 Å². The lowest BCUT2D eigenvalue weighted by atomic mass is 10.0. The summed E-state index contributed by atoms with van der Waals surface area (Å²) in [5, 5.41) is 5.39. The number of hydrogen-bond acceptors (Lipinski definition) is 4. The second-order valence-electron chi connectivity index (χ2n) is 7.55. The quantitative estimate of drug-likeness (QED) is 0.685. The van der Waals surface area contributed by atoms with Crippen LogP contribution in [-0.4, -0.2) is 36.7 Å². The molecule has 0 aliphatic carbocycles. The van der Waals surface area contributed by atoms with Crippen LogP contribution in [0.25, 0.3) is 11.1 Å². The van der Waals surface area contributed by atoms with Crippen LogP contribution in [0, 0.1) is 0 Å². The normalized spacial score (nSPS) is 12.1. The molecule has 0 fully saturated rings. The van der Waals surface area contributed by atoms with Gasteiger partial charge in [0.1, 0.15) is 11.6 Å². The minimum absolute atomic E-state index is 0.288. The van der Waals surface area contributed by atoms with Gasteiger partial charge in [-0.2, -0.15) is 0 Å². The molecule has 2 amide bonds. The molecular formula is C22H29N3O3. The van der Waals surface area contributed by atoms with E-state index in [9.17, 15) is 9.59 Å². The van der Waals surface area contributed by atoms with Gasteiger partial charge >= 0.3 is 6.09 Å². The molecule has 150 valence electrons. The average molecular weight is 383 g/mol. The molecule has 6 nitrogen and oxygen atoms in total. The molecule has 2 aromatic carbocycles. The molecule has 6 heteroatoms. The van der Waals surface area contributed by atoms with Crippen molar-refractivity contribution < 1.29 is 14.3 Å². The van der Waals surface area contributed by atoms with E-state index in [1.807, 2.05) is 54.6 Å². The van der Waals surface area contributed by atoms with Crippen molar-refractivity contribution in [3.63, 3.8) is 0 Å². The monoisotopic (exact) mass is 383 g/mol. The predicted molar refractivity (Wildman–Crippen MR) is 111 cm³/mol. The number of amides is 2. The third-order valence-corrected chi connectivity index (χ3v) is 3.95. The zero-order chi connectivity index (χ0) is 20.6. The Kier molecular flexibility index (Phi) is 7.58. The molecule has 0 aliphatic heterocycles. The van der Waals surface area contributed by atoms with Crippen LogP contribution in [0.4, 0.5) is 4.79 Å². The second-order valence-corrected chi connectivity index (χ2v) is 7.55. The van der Waals surface area contributed by atoms with Crippen molar-refractivity contribution in [2.24, 2.45) is 5.73 Å². The molecule has 0 radical (unpaired) electrons. The Hall–Kier alpha value is -2.86. The van der Waals surface area contributed by atoms with Gasteiger partial charge in [-0.15, -0.1) is 0 Å². The third kappa shape index (κ3) is 7.04. The summed E-state index contributed by atoms with van der Waals surface area (Å²) in [6.07, 6.45) is -0.272. The lowest BCUT2D eigenvalue weighted by Crippen LogP contribution is -2.50. The SMILES string of the molecule is CC(C)(C)OC(=O)N[C@@H](Cc1ccc(-c2ccccc2)cc1)C(=O)NCCN. The van der Waals surface area contributed by atoms with Gasteiger partial charge in [-0.1, -0.05) is 54.6 Å². The predicted octanol–water partition coefficient (Wildman–Crippen LogP) is 2.86. The lowest BCUT2D eigenvalue weighted by molar-refractivity contribution is -0.123. The van der Waals surface area contributed by atoms with Gasteiger partial charge in [0.2, 0.25) is 5.91 Å². The van der Waals surface area contributed by atoms with Gasteiger partial charge < -0.3 is 21.1 Å². The maximum Gasteiger partial charge on any atom is 0.408 e. The number of benzene rings is 2. The summed E-state index contributed by atoms with van der Waals surface area (Å²) in [6.45, 7) is 6.00. The van der Waals surface area contributed by atoms with Gasteiger partial charge in [0.05, 0.1) is 0 Å². The number of rotatable bonds is 7. The molecule has 0 saturated carbocycles. The maximum absolute atomic E-state index is 12.5. The molecule has 2 rings (SSSR count). The largest absolute Gasteiger partial charge is 0.444 e. The smallest absolute Gasteiger partial charge is 0.408 e. The number of carbonyl (C=O) groups is 2. The summed E-state index contributed by atoms with van der Waals surface area (Å²) < 4.78 is 5.28. The van der Waals surface area contributed by atoms with Crippen molar-refractivity contribution in [1.82, 2.24) is 10.6 Å². The summed E-state index contributed by atoms with van der Waals surface area (Å²) in [5.41, 5.74) is 7.97. The molecule has 0 spiro atoms. The highest BCUT2D eigenvalue weighted by Crippen LogP contribution is 2.20. The third-order valence-electron chi connectivity index (χ3n) is 3.95. The Morgan fingerprint density at radius 3 is 2.18 bits per heavy atom. The molecule has 28 heavy (non-hydrogen) atoms. The zero-order valence-electron chi connectivity index (χ0n) is 16.7. The molecule has 0 unspecified atom stereocenters. The number of ether oxygens (including phenoxy) is 1. The van der Waals surface area contributed by atoms with Crippen molar-refractivity contribution in [1.29, 1.82) is 0 Å². The maximum atomic E-state index is 12.5. The van der Waals surface area contributed by atoms with E-state index in [4.69, 9.17) is 10.5 Å². The van der Waals surface area contributed by atoms with E-state index < -0.39 is 17.7 Å². The van der Waals surface area contributed by atoms with Crippen LogP contribution >= 0.6 is 0 Å². The number of hydrogen-bond donors (Lipinski definition) is 3. The van der Waals surface area contributed by atoms with Crippen LogP contribution in [0.3, 0.4) is 0 Å². The van der Waals surface area contributed by atoms with E-state index in [1.54, 1.807) is 20.8 Å². The summed E-state index contributed by atoms with van der Waals surface area (Å²) >= 11 is 0. The summed E-state index contributed by atoms with van der Waals surface area (Å²) in [5.74, 6) is -0.288. The molecule has 1 atom stereocenters. The van der Waals surface area contributed by atoms with Crippen LogP contribution in [0.5, 0.6) is 0 Å². The van der Waals surface area contributed by atoms with Crippen LogP contribution < -0.4 is 16.4 Å². The van der Waals surface area contributed by atoms with Crippen molar-refractivity contribution in [2.45, 2.75) is 38.8 Å². The fourth-order valence-corrected chi connectivity index (χ4v) is 2.68. The Labute approximate surface area is 166 Å². The molecule has 2 aromatic rings. The van der Waals surface area contributed by atoms with Gasteiger partial charge in [-0.3, -0.25) is 4.79 Å². The number of alkyl carbamates (subject to hydrolysis) is 1. The average Bonchev–Trinajstić information content (AvgIpc) is 2.65. The van der Waals surface area contributed by atoms with Crippen LogP contribution in [0.2, 0.25) is 0 Å². The Morgan fingerprint density at radius 2 is 1.61 bits per heavy atom. The van der Waals surface area contributed by atoms with Crippen molar-refractivity contribution in [3.8, 4) is 11.1 Å². The van der Waals surface area contributed by atoms with Crippen LogP contribution in [0.1, 0.15) is 26.3 Å². The lowest BCUT2D eigenvalue weighted by Gasteiger charge is -2.23. The minimum atomic E-state index is -0.746. The van der Waals surface area contributed by atoms with Crippen molar-refractivity contribution in [2.75, 3.05) is 13.1 Å². The number of carbonyl (C=O) groups excluding carboxylic acids is 2. The standard InChI is InChI=1S/C22H29N3O3/c1-22(2,3)28-21(27)25-19(20(26)24-14-13-23)15-16-9-11-18(12-10-16)17-7-5-4-6-8-17/h4-12,19H,13-15,23H2,1-3H3,(H,24,26)(H,25,27)/t19-/m0/s1. The molecule has 0 aliphatic rings. The van der Waals surface area contributed by atoms with E-state index in [-0.39, 0.29) is 5.91 Å². The Balaban J connectivity index is 2.10. The fraction of sp³-hybridized carbons (Fsp3) is 0.364. The van der Waals surface area contributed by atoms with E-state index >= 15 is 0 Å². The van der Waals surface area contributed by atoms with Crippen molar-refractivity contribution in [3.05, 3.63) is 60.2 Å². The first kappa shape index (κ1) is 21.4. The van der Waals surface area contributed by atoms with Crippen LogP contribution in [0.15, 0.2) is 54.6 Å². The first-order chi connectivity index (χ1) is 13.3. The number of nitrogens with one attached hydrogen (secondary N) is 2. The minimum Gasteiger partial charge on any atom is -0.444 e. The van der Waals surface area contributed by atoms with E-state index in [0.717, 1.165) is 16.7 Å². The van der Waals surface area contributed by atoms with Gasteiger partial charge in [-0.25, -0.2) is 4.79 Å². The molecule has 0 heterocycles. The van der Waals surface area contributed by atoms with Crippen LogP contribution in [-0.2, 0) is 16.0 Å². The molecule has 0 bridgehead atoms. The highest BCUT2D eigenvalue weighted by molar-refractivity contribution is 5.86. The highest BCUT2D eigenvalue weighted by atomic mass is 16.6. The first-order valence-corrected chi connectivity index (χ1v) is 9.40. The molecule has 0 aromatic heterocycles. The highest BCUT2D eigenvalue weighted by Gasteiger charge is 2.24. The topological polar surface area (TPSA) is 93.4 Å². The van der Waals surface area contributed by atoms with E-state index in [0.29, 0.717) is 19.5 Å². The van der Waals surface area contributed by atoms with Gasteiger partial charge in [0, 0.05) is 19.5 Å². The Morgan fingerprint density at radius 1 is 1.00 bits per heavy atom. The van der Waals surface area contributed by atoms with Gasteiger partial charge in [0.25, 0.3) is 0 Å². The summed E-state index contributed by atoms with van der Waals surface area (Å²) in [7, 11) is 0. The number of nitrogens with two attached hydrogens (primary N) is 1. The van der Waals surface area contributed by atoms with Crippen molar-refractivity contribution >= 4 is 12.0 Å². The Bertz CT molecular complexity index is 768. The summed E-state index contributed by atoms with van der Waals surface area (Å²) in [6, 6.07) is 17.2. The van der Waals surface area contributed by atoms with E-state index in [2.05, 4.69) is 10.6 Å². The second kappa shape index (κ2) is 9.90. The molecule has 0 saturated heterocycles. The van der Waals surface area contributed by atoms with E-state index in [1.165, 1.54) is 0 Å².